The van der Waals surface area contributed by atoms with Crippen LogP contribution in [0.4, 0.5) is 11.4 Å². The fourth-order valence-corrected chi connectivity index (χ4v) is 1.92. The molecule has 0 radical (unpaired) electrons. The van der Waals surface area contributed by atoms with Gasteiger partial charge in [0.2, 0.25) is 0 Å². The lowest BCUT2D eigenvalue weighted by atomic mass is 10.3. The summed E-state index contributed by atoms with van der Waals surface area (Å²) in [4.78, 5) is 35.8. The van der Waals surface area contributed by atoms with Gasteiger partial charge in [-0.25, -0.2) is 4.79 Å². The predicted molar refractivity (Wildman–Crippen MR) is 72.5 cm³/mol. The van der Waals surface area contributed by atoms with Crippen molar-refractivity contribution >= 4 is 23.3 Å². The predicted octanol–water partition coefficient (Wildman–Crippen LogP) is 1.52. The Morgan fingerprint density at radius 1 is 1.43 bits per heavy atom. The molecule has 0 aliphatic heterocycles. The van der Waals surface area contributed by atoms with Gasteiger partial charge >= 0.3 is 5.97 Å². The zero-order valence-electron chi connectivity index (χ0n) is 11.2. The maximum absolute atomic E-state index is 12.1. The Balaban J connectivity index is 2.30. The Bertz CT molecular complexity index is 743. The van der Waals surface area contributed by atoms with Crippen molar-refractivity contribution in [3.8, 4) is 0 Å². The number of nitrogens with zero attached hydrogens (tertiary/aromatic N) is 2. The number of hydrogen-bond donors (Lipinski definition) is 3. The van der Waals surface area contributed by atoms with Crippen LogP contribution >= 0.6 is 0 Å². The highest BCUT2D eigenvalue weighted by atomic mass is 16.6. The number of aryl methyl sites for hydroxylation is 2. The van der Waals surface area contributed by atoms with Crippen molar-refractivity contribution in [2.24, 2.45) is 7.05 Å². The van der Waals surface area contributed by atoms with Crippen LogP contribution < -0.4 is 5.32 Å². The third kappa shape index (κ3) is 2.76. The number of carboxylic acid groups (broad SMARTS) is 1. The van der Waals surface area contributed by atoms with Crippen LogP contribution in [0.15, 0.2) is 18.3 Å². The van der Waals surface area contributed by atoms with E-state index in [4.69, 9.17) is 5.11 Å². The number of carbonyl (C=O) groups excluding carboxylic acids is 1. The zero-order valence-corrected chi connectivity index (χ0v) is 11.2. The molecule has 0 spiro atoms. The minimum absolute atomic E-state index is 0.0527. The highest BCUT2D eigenvalue weighted by Gasteiger charge is 2.20. The molecule has 3 N–H and O–H groups in total. The lowest BCUT2D eigenvalue weighted by Crippen LogP contribution is -2.16. The van der Waals surface area contributed by atoms with E-state index in [1.54, 1.807) is 6.92 Å². The fraction of sp³-hybridized carbons (Fsp3) is 0.167. The molecule has 2 aromatic rings. The first-order chi connectivity index (χ1) is 9.79. The smallest absolute Gasteiger partial charge is 0.354 e. The summed E-state index contributed by atoms with van der Waals surface area (Å²) >= 11 is 0. The Morgan fingerprint density at radius 2 is 2.10 bits per heavy atom. The molecular weight excluding hydrogens is 280 g/mol. The van der Waals surface area contributed by atoms with Gasteiger partial charge in [0.15, 0.2) is 0 Å². The van der Waals surface area contributed by atoms with Gasteiger partial charge in [-0.15, -0.1) is 0 Å². The number of carbonyl (C=O) groups is 2. The molecule has 0 saturated heterocycles. The molecule has 0 bridgehead atoms. The number of aromatic carboxylic acids is 1. The fourth-order valence-electron chi connectivity index (χ4n) is 1.92. The molecule has 9 heteroatoms. The number of nitrogens with one attached hydrogen (secondary N) is 2. The van der Waals surface area contributed by atoms with Crippen molar-refractivity contribution in [1.82, 2.24) is 9.55 Å². The maximum atomic E-state index is 12.1. The summed E-state index contributed by atoms with van der Waals surface area (Å²) in [5.41, 5.74) is 0.363. The van der Waals surface area contributed by atoms with Gasteiger partial charge in [-0.1, -0.05) is 0 Å². The van der Waals surface area contributed by atoms with Crippen LogP contribution in [0, 0.1) is 17.0 Å². The minimum Gasteiger partial charge on any atom is -0.477 e. The van der Waals surface area contributed by atoms with Gasteiger partial charge in [-0.2, -0.15) is 0 Å². The quantitative estimate of drug-likeness (QED) is 0.581. The van der Waals surface area contributed by atoms with E-state index < -0.39 is 16.8 Å². The van der Waals surface area contributed by atoms with E-state index in [-0.39, 0.29) is 22.8 Å². The molecule has 0 aromatic carbocycles. The Labute approximate surface area is 118 Å². The molecule has 0 atom stereocenters. The van der Waals surface area contributed by atoms with Gasteiger partial charge < -0.3 is 20.0 Å². The Hall–Kier alpha value is -3.10. The standard InChI is InChI=1S/C12H12N4O5/c1-6-3-8(10(13-6)12(18)19)14-11(17)9-4-7(16(20)21)5-15(9)2/h3-5,13H,1-2H3,(H,14,17)(H,18,19). The van der Waals surface area contributed by atoms with E-state index in [2.05, 4.69) is 10.3 Å². The van der Waals surface area contributed by atoms with E-state index in [1.165, 1.54) is 23.9 Å². The monoisotopic (exact) mass is 292 g/mol. The summed E-state index contributed by atoms with van der Waals surface area (Å²) in [5.74, 6) is -1.84. The number of aromatic nitrogens is 2. The number of amides is 1. The van der Waals surface area contributed by atoms with Crippen molar-refractivity contribution in [3.63, 3.8) is 0 Å². The van der Waals surface area contributed by atoms with Gasteiger partial charge in [0.25, 0.3) is 11.6 Å². The number of aromatic amines is 1. The van der Waals surface area contributed by atoms with Crippen LogP contribution in [0.2, 0.25) is 0 Å². The van der Waals surface area contributed by atoms with Gasteiger partial charge in [0, 0.05) is 18.8 Å². The number of carboxylic acids is 1. The first kappa shape index (κ1) is 14.3. The third-order valence-electron chi connectivity index (χ3n) is 2.85. The highest BCUT2D eigenvalue weighted by Crippen LogP contribution is 2.20. The molecule has 9 nitrogen and oxygen atoms in total. The third-order valence-corrected chi connectivity index (χ3v) is 2.85. The summed E-state index contributed by atoms with van der Waals surface area (Å²) in [6.45, 7) is 1.65. The molecular formula is C12H12N4O5. The van der Waals surface area contributed by atoms with Crippen LogP contribution in [0.25, 0.3) is 0 Å². The van der Waals surface area contributed by atoms with E-state index in [9.17, 15) is 19.7 Å². The molecule has 1 amide bonds. The van der Waals surface area contributed by atoms with Crippen molar-refractivity contribution in [1.29, 1.82) is 0 Å². The molecule has 2 heterocycles. The van der Waals surface area contributed by atoms with E-state index in [1.807, 2.05) is 0 Å². The van der Waals surface area contributed by atoms with Crippen LogP contribution in [0.3, 0.4) is 0 Å². The second-order valence-electron chi connectivity index (χ2n) is 4.45. The SMILES string of the molecule is Cc1cc(NC(=O)c2cc([N+](=O)[O-])cn2C)c(C(=O)O)[nH]1. The topological polar surface area (TPSA) is 130 Å². The van der Waals surface area contributed by atoms with Crippen LogP contribution in [0.1, 0.15) is 26.7 Å². The first-order valence-electron chi connectivity index (χ1n) is 5.84. The zero-order chi connectivity index (χ0) is 15.7. The average molecular weight is 292 g/mol. The summed E-state index contributed by atoms with van der Waals surface area (Å²) in [6.07, 6.45) is 1.20. The summed E-state index contributed by atoms with van der Waals surface area (Å²) in [7, 11) is 1.49. The maximum Gasteiger partial charge on any atom is 0.354 e. The van der Waals surface area contributed by atoms with Crippen molar-refractivity contribution < 1.29 is 19.6 Å². The van der Waals surface area contributed by atoms with Crippen LogP contribution in [-0.2, 0) is 7.05 Å². The number of H-pyrrole nitrogens is 1. The molecule has 2 aromatic heterocycles. The van der Waals surface area contributed by atoms with E-state index in [0.717, 1.165) is 6.07 Å². The number of anilines is 1. The summed E-state index contributed by atoms with van der Waals surface area (Å²) < 4.78 is 1.30. The van der Waals surface area contributed by atoms with Gasteiger partial charge in [-0.05, 0) is 13.0 Å². The lowest BCUT2D eigenvalue weighted by molar-refractivity contribution is -0.384. The summed E-state index contributed by atoms with van der Waals surface area (Å²) in [5, 5.41) is 22.1. The Morgan fingerprint density at radius 3 is 2.62 bits per heavy atom. The first-order valence-corrected chi connectivity index (χ1v) is 5.84. The second-order valence-corrected chi connectivity index (χ2v) is 4.45. The molecule has 0 aliphatic carbocycles. The summed E-state index contributed by atoms with van der Waals surface area (Å²) in [6, 6.07) is 2.59. The highest BCUT2D eigenvalue weighted by molar-refractivity contribution is 6.07. The largest absolute Gasteiger partial charge is 0.477 e. The van der Waals surface area contributed by atoms with E-state index in [0.29, 0.717) is 5.69 Å². The molecule has 0 saturated carbocycles. The van der Waals surface area contributed by atoms with Crippen molar-refractivity contribution in [2.45, 2.75) is 6.92 Å². The van der Waals surface area contributed by atoms with Crippen LogP contribution in [-0.4, -0.2) is 31.5 Å². The van der Waals surface area contributed by atoms with Crippen LogP contribution in [0.5, 0.6) is 0 Å². The average Bonchev–Trinajstić information content (AvgIpc) is 2.92. The molecule has 21 heavy (non-hydrogen) atoms. The van der Waals surface area contributed by atoms with Crippen molar-refractivity contribution in [2.75, 3.05) is 5.32 Å². The molecule has 110 valence electrons. The van der Waals surface area contributed by atoms with Crippen molar-refractivity contribution in [3.05, 3.63) is 45.5 Å². The number of hydrogen-bond acceptors (Lipinski definition) is 4. The van der Waals surface area contributed by atoms with Gasteiger partial charge in [0.05, 0.1) is 16.8 Å². The molecule has 0 unspecified atom stereocenters. The normalized spacial score (nSPS) is 10.4. The second kappa shape index (κ2) is 5.12. The van der Waals surface area contributed by atoms with E-state index >= 15 is 0 Å². The lowest BCUT2D eigenvalue weighted by Gasteiger charge is -2.04. The minimum atomic E-state index is -1.21. The molecule has 0 aliphatic rings. The number of nitro groups is 1. The number of rotatable bonds is 4. The molecule has 2 rings (SSSR count). The Kier molecular flexibility index (Phi) is 3.49. The van der Waals surface area contributed by atoms with Gasteiger partial charge in [-0.3, -0.25) is 14.9 Å². The van der Waals surface area contributed by atoms with Gasteiger partial charge in [0.1, 0.15) is 11.4 Å². The molecule has 0 fully saturated rings.